The summed E-state index contributed by atoms with van der Waals surface area (Å²) in [5, 5.41) is 18.0. The van der Waals surface area contributed by atoms with Crippen LogP contribution >= 0.6 is 0 Å². The summed E-state index contributed by atoms with van der Waals surface area (Å²) in [6.45, 7) is 18.9. The van der Waals surface area contributed by atoms with Crippen molar-refractivity contribution in [1.29, 1.82) is 0 Å². The molecule has 47 heavy (non-hydrogen) atoms. The number of benzene rings is 2. The predicted molar refractivity (Wildman–Crippen MR) is 198 cm³/mol. The number of amides is 1. The van der Waals surface area contributed by atoms with Crippen LogP contribution in [0.2, 0.25) is 0 Å². The molecule has 0 saturated heterocycles. The number of aldehydes is 1. The minimum absolute atomic E-state index is 0.0324. The second kappa shape index (κ2) is 28.9. The summed E-state index contributed by atoms with van der Waals surface area (Å²) in [5.41, 5.74) is 1.51. The van der Waals surface area contributed by atoms with E-state index >= 15 is 0 Å². The van der Waals surface area contributed by atoms with Crippen molar-refractivity contribution in [2.45, 2.75) is 99.6 Å². The van der Waals surface area contributed by atoms with Gasteiger partial charge in [-0.15, -0.1) is 0 Å². The lowest BCUT2D eigenvalue weighted by atomic mass is 9.95. The standard InChI is InChI=1S/C20H29N3O3.C8H10.C6H12O2.C3H8.C2H6/c1-15(24)20(17-9-10-17)23-12-13-26-18-8-4-3-6-16(18)7-5-11-22-19(25)14-21-2;1-2-8-6-4-3-5-7-8;1-5(4-7)6(2,3)8;1-3-2;1-2/h3-8,17,20-21,23H,9-14H2,1-2H3,(H,22,25);3-7H,2H2,1H3;4-5,8H,1-3H3;3H2,1-2H3;1-2H3/b7-5+;;;;. The monoisotopic (exact) mass is 655 g/mol. The third-order valence-electron chi connectivity index (χ3n) is 6.80. The van der Waals surface area contributed by atoms with Crippen molar-refractivity contribution >= 4 is 24.1 Å². The van der Waals surface area contributed by atoms with E-state index in [1.807, 2.05) is 56.3 Å². The molecule has 2 unspecified atom stereocenters. The number of carbonyl (C=O) groups excluding carboxylic acids is 3. The number of aryl methyl sites for hydroxylation is 1. The van der Waals surface area contributed by atoms with Crippen LogP contribution in [0.3, 0.4) is 0 Å². The van der Waals surface area contributed by atoms with E-state index in [4.69, 9.17) is 9.84 Å². The molecule has 2 aromatic rings. The number of ketones is 1. The highest BCUT2D eigenvalue weighted by molar-refractivity contribution is 5.82. The molecule has 2 atom stereocenters. The summed E-state index contributed by atoms with van der Waals surface area (Å²) in [6, 6.07) is 18.2. The zero-order valence-electron chi connectivity index (χ0n) is 30.9. The molecule has 0 heterocycles. The second-order valence-electron chi connectivity index (χ2n) is 11.6. The first-order valence-electron chi connectivity index (χ1n) is 17.2. The van der Waals surface area contributed by atoms with Gasteiger partial charge in [0.25, 0.3) is 0 Å². The van der Waals surface area contributed by atoms with Crippen LogP contribution < -0.4 is 20.7 Å². The third kappa shape index (κ3) is 24.5. The molecule has 2 aromatic carbocycles. The third-order valence-corrected chi connectivity index (χ3v) is 6.80. The van der Waals surface area contributed by atoms with Gasteiger partial charge in [0.1, 0.15) is 24.4 Å². The SMILES string of the molecule is CC.CC(C=O)C(C)(C)O.CCC.CCc1ccccc1.CNCC(=O)NC/C=C/c1ccccc1OCCNC(C(C)=O)C1CC1. The van der Waals surface area contributed by atoms with Crippen LogP contribution in [-0.2, 0) is 20.8 Å². The summed E-state index contributed by atoms with van der Waals surface area (Å²) in [7, 11) is 1.74. The zero-order valence-corrected chi connectivity index (χ0v) is 30.9. The normalized spacial score (nSPS) is 13.0. The van der Waals surface area contributed by atoms with E-state index < -0.39 is 5.60 Å². The van der Waals surface area contributed by atoms with Gasteiger partial charge in [0.05, 0.1) is 18.2 Å². The quantitative estimate of drug-likeness (QED) is 0.125. The summed E-state index contributed by atoms with van der Waals surface area (Å²) in [5.74, 6) is 1.18. The van der Waals surface area contributed by atoms with Gasteiger partial charge in [-0.1, -0.05) is 109 Å². The van der Waals surface area contributed by atoms with Crippen LogP contribution in [0.25, 0.3) is 6.08 Å². The van der Waals surface area contributed by atoms with Gasteiger partial charge in [-0.25, -0.2) is 0 Å². The minimum Gasteiger partial charge on any atom is -0.492 e. The van der Waals surface area contributed by atoms with Crippen molar-refractivity contribution in [3.63, 3.8) is 0 Å². The number of rotatable bonds is 15. The molecule has 1 amide bonds. The van der Waals surface area contributed by atoms with E-state index in [9.17, 15) is 14.4 Å². The average Bonchev–Trinajstić information content (AvgIpc) is 3.90. The Morgan fingerprint density at radius 2 is 1.60 bits per heavy atom. The maximum absolute atomic E-state index is 11.6. The van der Waals surface area contributed by atoms with Crippen LogP contribution in [0.5, 0.6) is 5.75 Å². The molecule has 8 heteroatoms. The molecule has 1 aliphatic rings. The molecule has 4 N–H and O–H groups in total. The fourth-order valence-corrected chi connectivity index (χ4v) is 3.66. The Hall–Kier alpha value is -3.33. The van der Waals surface area contributed by atoms with Crippen LogP contribution in [-0.4, -0.2) is 68.0 Å². The Balaban J connectivity index is 0. The number of aliphatic hydroxyl groups is 1. The van der Waals surface area contributed by atoms with E-state index in [1.54, 1.807) is 34.7 Å². The number of ether oxygens (including phenoxy) is 1. The lowest BCUT2D eigenvalue weighted by Gasteiger charge is -2.19. The van der Waals surface area contributed by atoms with Crippen molar-refractivity contribution in [3.8, 4) is 5.75 Å². The maximum Gasteiger partial charge on any atom is 0.234 e. The molecule has 0 spiro atoms. The minimum atomic E-state index is -0.859. The van der Waals surface area contributed by atoms with E-state index in [1.165, 1.54) is 12.0 Å². The van der Waals surface area contributed by atoms with Crippen molar-refractivity contribution in [3.05, 3.63) is 71.8 Å². The van der Waals surface area contributed by atoms with Gasteiger partial charge in [0.2, 0.25) is 5.91 Å². The fraction of sp³-hybridized carbons (Fsp3) is 0.564. The smallest absolute Gasteiger partial charge is 0.234 e. The second-order valence-corrected chi connectivity index (χ2v) is 11.6. The van der Waals surface area contributed by atoms with Gasteiger partial charge in [0.15, 0.2) is 0 Å². The van der Waals surface area contributed by atoms with Crippen molar-refractivity contribution < 1.29 is 24.2 Å². The first-order valence-corrected chi connectivity index (χ1v) is 17.2. The molecule has 0 aromatic heterocycles. The van der Waals surface area contributed by atoms with E-state index in [2.05, 4.69) is 61.0 Å². The molecule has 1 fully saturated rings. The van der Waals surface area contributed by atoms with Gasteiger partial charge in [-0.3, -0.25) is 9.59 Å². The van der Waals surface area contributed by atoms with E-state index in [0.29, 0.717) is 32.2 Å². The van der Waals surface area contributed by atoms with Gasteiger partial charge < -0.3 is 30.6 Å². The molecule has 8 nitrogen and oxygen atoms in total. The lowest BCUT2D eigenvalue weighted by molar-refractivity contribution is -0.120. The highest BCUT2D eigenvalue weighted by Crippen LogP contribution is 2.32. The Morgan fingerprint density at radius 1 is 1.02 bits per heavy atom. The zero-order chi connectivity index (χ0) is 36.1. The first kappa shape index (κ1) is 45.8. The number of hydrogen-bond donors (Lipinski definition) is 4. The van der Waals surface area contributed by atoms with Gasteiger partial charge >= 0.3 is 0 Å². The molecule has 0 radical (unpaired) electrons. The molecule has 266 valence electrons. The first-order chi connectivity index (χ1) is 22.4. The topological polar surface area (TPSA) is 117 Å². The molecule has 3 rings (SSSR count). The van der Waals surface area contributed by atoms with Crippen molar-refractivity contribution in [1.82, 2.24) is 16.0 Å². The van der Waals surface area contributed by atoms with Gasteiger partial charge in [-0.2, -0.15) is 0 Å². The maximum atomic E-state index is 11.6. The largest absolute Gasteiger partial charge is 0.492 e. The number of likely N-dealkylation sites (N-methyl/N-ethyl adjacent to an activating group) is 1. The number of hydrogen-bond acceptors (Lipinski definition) is 7. The molecule has 1 aliphatic carbocycles. The molecule has 0 aliphatic heterocycles. The Bertz CT molecular complexity index is 1100. The lowest BCUT2D eigenvalue weighted by Crippen LogP contribution is -2.39. The van der Waals surface area contributed by atoms with Crippen molar-refractivity contribution in [2.75, 3.05) is 33.3 Å². The highest BCUT2D eigenvalue weighted by atomic mass is 16.5. The Kier molecular flexibility index (Phi) is 28.1. The van der Waals surface area contributed by atoms with Crippen LogP contribution in [0.4, 0.5) is 0 Å². The average molecular weight is 656 g/mol. The van der Waals surface area contributed by atoms with E-state index in [0.717, 1.165) is 36.9 Å². The van der Waals surface area contributed by atoms with Crippen LogP contribution in [0, 0.1) is 11.8 Å². The predicted octanol–water partition coefficient (Wildman–Crippen LogP) is 6.66. The molecular formula is C39H65N3O5. The van der Waals surface area contributed by atoms with Gasteiger partial charge in [0, 0.05) is 24.6 Å². The summed E-state index contributed by atoms with van der Waals surface area (Å²) in [6.07, 6.45) is 9.24. The molecule has 1 saturated carbocycles. The number of nitrogens with one attached hydrogen (secondary N) is 3. The highest BCUT2D eigenvalue weighted by Gasteiger charge is 2.33. The number of para-hydroxylation sites is 1. The molecular weight excluding hydrogens is 590 g/mol. The van der Waals surface area contributed by atoms with Crippen molar-refractivity contribution in [2.24, 2.45) is 11.8 Å². The summed E-state index contributed by atoms with van der Waals surface area (Å²) < 4.78 is 5.86. The molecule has 0 bridgehead atoms. The van der Waals surface area contributed by atoms with E-state index in [-0.39, 0.29) is 23.7 Å². The summed E-state index contributed by atoms with van der Waals surface area (Å²) >= 11 is 0. The van der Waals surface area contributed by atoms with Gasteiger partial charge in [-0.05, 0) is 64.6 Å². The Labute approximate surface area is 286 Å². The number of Topliss-reactive ketones (excluding diaryl/α,β-unsaturated/α-hetero) is 1. The van der Waals surface area contributed by atoms with Crippen LogP contribution in [0.1, 0.15) is 92.7 Å². The number of carbonyl (C=O) groups is 3. The summed E-state index contributed by atoms with van der Waals surface area (Å²) in [4.78, 5) is 33.0. The fourth-order valence-electron chi connectivity index (χ4n) is 3.66. The van der Waals surface area contributed by atoms with Crippen LogP contribution in [0.15, 0.2) is 60.7 Å². The Morgan fingerprint density at radius 3 is 2.04 bits per heavy atom.